The summed E-state index contributed by atoms with van der Waals surface area (Å²) < 4.78 is 13.9. The van der Waals surface area contributed by atoms with Gasteiger partial charge in [0.05, 0.1) is 11.3 Å². The van der Waals surface area contributed by atoms with Crippen molar-refractivity contribution in [3.8, 4) is 6.07 Å². The number of nitriles is 1. The van der Waals surface area contributed by atoms with Crippen molar-refractivity contribution in [1.82, 2.24) is 4.98 Å². The van der Waals surface area contributed by atoms with E-state index in [4.69, 9.17) is 0 Å². The Balaban J connectivity index is 2.59. The normalized spacial score (nSPS) is 10.0. The van der Waals surface area contributed by atoms with Crippen molar-refractivity contribution in [2.75, 3.05) is 11.4 Å². The van der Waals surface area contributed by atoms with E-state index in [0.717, 1.165) is 5.56 Å². The molecule has 19 heavy (non-hydrogen) atoms. The van der Waals surface area contributed by atoms with Gasteiger partial charge in [-0.2, -0.15) is 5.26 Å². The average molecular weight is 255 g/mol. The lowest BCUT2D eigenvalue weighted by atomic mass is 10.1. The molecule has 4 heteroatoms. The Morgan fingerprint density at radius 3 is 2.68 bits per heavy atom. The molecule has 0 amide bonds. The zero-order valence-corrected chi connectivity index (χ0v) is 10.9. The Morgan fingerprint density at radius 2 is 2.05 bits per heavy atom. The van der Waals surface area contributed by atoms with Gasteiger partial charge in [0.2, 0.25) is 0 Å². The maximum atomic E-state index is 13.9. The number of aryl methyl sites for hydroxylation is 1. The van der Waals surface area contributed by atoms with Crippen LogP contribution in [-0.2, 0) is 0 Å². The van der Waals surface area contributed by atoms with Crippen molar-refractivity contribution >= 4 is 11.5 Å². The van der Waals surface area contributed by atoms with Gasteiger partial charge in [0.1, 0.15) is 11.9 Å². The maximum Gasteiger partial charge on any atom is 0.151 e. The molecule has 1 aromatic carbocycles. The van der Waals surface area contributed by atoms with Gasteiger partial charge in [-0.05, 0) is 37.6 Å². The highest BCUT2D eigenvalue weighted by Gasteiger charge is 2.17. The second kappa shape index (κ2) is 5.49. The minimum atomic E-state index is -0.323. The van der Waals surface area contributed by atoms with Crippen molar-refractivity contribution in [1.29, 1.82) is 5.26 Å². The number of halogens is 1. The zero-order chi connectivity index (χ0) is 13.8. The summed E-state index contributed by atoms with van der Waals surface area (Å²) in [5, 5.41) is 9.25. The van der Waals surface area contributed by atoms with Crippen LogP contribution in [0.4, 0.5) is 15.9 Å². The molecule has 2 aromatic rings. The second-order valence-electron chi connectivity index (χ2n) is 4.13. The van der Waals surface area contributed by atoms with Crippen LogP contribution in [0.1, 0.15) is 18.1 Å². The first-order valence-corrected chi connectivity index (χ1v) is 6.06. The van der Waals surface area contributed by atoms with Crippen LogP contribution >= 0.6 is 0 Å². The van der Waals surface area contributed by atoms with Gasteiger partial charge in [-0.25, -0.2) is 9.37 Å². The third kappa shape index (κ3) is 2.41. The van der Waals surface area contributed by atoms with Gasteiger partial charge >= 0.3 is 0 Å². The predicted octanol–water partition coefficient (Wildman–Crippen LogP) is 3.56. The molecule has 0 saturated carbocycles. The van der Waals surface area contributed by atoms with Crippen LogP contribution in [0.3, 0.4) is 0 Å². The number of para-hydroxylation sites is 1. The van der Waals surface area contributed by atoms with Gasteiger partial charge in [0.15, 0.2) is 5.82 Å². The van der Waals surface area contributed by atoms with Crippen LogP contribution in [0.2, 0.25) is 0 Å². The summed E-state index contributed by atoms with van der Waals surface area (Å²) in [7, 11) is 0. The lowest BCUT2D eigenvalue weighted by Gasteiger charge is -2.23. The molecule has 96 valence electrons. The fourth-order valence-electron chi connectivity index (χ4n) is 1.99. The SMILES string of the molecule is CCN(c1ccccc1F)c1nccc(C)c1C#N. The third-order valence-corrected chi connectivity index (χ3v) is 2.97. The number of hydrogen-bond acceptors (Lipinski definition) is 3. The molecule has 1 heterocycles. The number of aromatic nitrogens is 1. The van der Waals surface area contributed by atoms with Gasteiger partial charge < -0.3 is 4.90 Å². The van der Waals surface area contributed by atoms with Crippen LogP contribution in [-0.4, -0.2) is 11.5 Å². The van der Waals surface area contributed by atoms with Gasteiger partial charge in [0.25, 0.3) is 0 Å². The number of rotatable bonds is 3. The number of hydrogen-bond donors (Lipinski definition) is 0. The van der Waals surface area contributed by atoms with E-state index in [2.05, 4.69) is 11.1 Å². The van der Waals surface area contributed by atoms with E-state index in [1.54, 1.807) is 35.4 Å². The monoisotopic (exact) mass is 255 g/mol. The molecule has 0 radical (unpaired) electrons. The van der Waals surface area contributed by atoms with E-state index in [0.29, 0.717) is 23.6 Å². The van der Waals surface area contributed by atoms with E-state index in [1.165, 1.54) is 6.07 Å². The van der Waals surface area contributed by atoms with Gasteiger partial charge in [-0.1, -0.05) is 12.1 Å². The van der Waals surface area contributed by atoms with Crippen molar-refractivity contribution < 1.29 is 4.39 Å². The average Bonchev–Trinajstić information content (AvgIpc) is 2.42. The number of benzene rings is 1. The lowest BCUT2D eigenvalue weighted by molar-refractivity contribution is 0.625. The summed E-state index contributed by atoms with van der Waals surface area (Å²) in [5.41, 5.74) is 1.74. The first-order chi connectivity index (χ1) is 9.19. The van der Waals surface area contributed by atoms with Crippen LogP contribution in [0.5, 0.6) is 0 Å². The first kappa shape index (κ1) is 13.0. The molecule has 0 N–H and O–H groups in total. The van der Waals surface area contributed by atoms with Crippen molar-refractivity contribution in [3.05, 3.63) is 53.5 Å². The van der Waals surface area contributed by atoms with E-state index in [9.17, 15) is 9.65 Å². The minimum absolute atomic E-state index is 0.323. The summed E-state index contributed by atoms with van der Waals surface area (Å²) in [4.78, 5) is 5.94. The Kier molecular flexibility index (Phi) is 3.76. The topological polar surface area (TPSA) is 39.9 Å². The summed E-state index contributed by atoms with van der Waals surface area (Å²) in [6.45, 7) is 4.28. The van der Waals surface area contributed by atoms with Gasteiger partial charge in [0, 0.05) is 12.7 Å². The molecule has 2 rings (SSSR count). The summed E-state index contributed by atoms with van der Waals surface area (Å²) >= 11 is 0. The molecule has 0 spiro atoms. The highest BCUT2D eigenvalue weighted by molar-refractivity contribution is 5.67. The fraction of sp³-hybridized carbons (Fsp3) is 0.200. The highest BCUT2D eigenvalue weighted by atomic mass is 19.1. The zero-order valence-electron chi connectivity index (χ0n) is 10.9. The van der Waals surface area contributed by atoms with Crippen LogP contribution in [0.25, 0.3) is 0 Å². The Morgan fingerprint density at radius 1 is 1.32 bits per heavy atom. The largest absolute Gasteiger partial charge is 0.323 e. The van der Waals surface area contributed by atoms with Crippen molar-refractivity contribution in [2.45, 2.75) is 13.8 Å². The van der Waals surface area contributed by atoms with Crippen molar-refractivity contribution in [2.24, 2.45) is 0 Å². The van der Waals surface area contributed by atoms with Crippen molar-refractivity contribution in [3.63, 3.8) is 0 Å². The van der Waals surface area contributed by atoms with E-state index in [1.807, 2.05) is 13.8 Å². The summed E-state index contributed by atoms with van der Waals surface area (Å²) in [6, 6.07) is 10.4. The van der Waals surface area contributed by atoms with Crippen LogP contribution < -0.4 is 4.90 Å². The lowest BCUT2D eigenvalue weighted by Crippen LogP contribution is -2.20. The molecule has 0 aliphatic heterocycles. The van der Waals surface area contributed by atoms with E-state index in [-0.39, 0.29) is 5.82 Å². The molecule has 0 fully saturated rings. The number of nitrogens with zero attached hydrogens (tertiary/aromatic N) is 3. The molecule has 3 nitrogen and oxygen atoms in total. The van der Waals surface area contributed by atoms with Crippen LogP contribution in [0, 0.1) is 24.1 Å². The van der Waals surface area contributed by atoms with Gasteiger partial charge in [-0.3, -0.25) is 0 Å². The Bertz CT molecular complexity index is 632. The first-order valence-electron chi connectivity index (χ1n) is 6.06. The molecule has 0 aliphatic carbocycles. The molecular weight excluding hydrogens is 241 g/mol. The third-order valence-electron chi connectivity index (χ3n) is 2.97. The standard InChI is InChI=1S/C15H14FN3/c1-3-19(14-7-5-4-6-13(14)16)15-12(10-17)11(2)8-9-18-15/h4-9H,3H2,1-2H3. The van der Waals surface area contributed by atoms with E-state index >= 15 is 0 Å². The fourth-order valence-corrected chi connectivity index (χ4v) is 1.99. The molecule has 0 unspecified atom stereocenters. The maximum absolute atomic E-state index is 13.9. The molecule has 1 aromatic heterocycles. The van der Waals surface area contributed by atoms with Gasteiger partial charge in [-0.15, -0.1) is 0 Å². The number of pyridine rings is 1. The molecule has 0 bridgehead atoms. The predicted molar refractivity (Wildman–Crippen MR) is 72.8 cm³/mol. The summed E-state index contributed by atoms with van der Waals surface area (Å²) in [6.07, 6.45) is 1.63. The highest BCUT2D eigenvalue weighted by Crippen LogP contribution is 2.29. The number of anilines is 2. The summed E-state index contributed by atoms with van der Waals surface area (Å²) in [5.74, 6) is 0.173. The minimum Gasteiger partial charge on any atom is -0.323 e. The van der Waals surface area contributed by atoms with Crippen LogP contribution in [0.15, 0.2) is 36.5 Å². The Labute approximate surface area is 111 Å². The molecule has 0 saturated heterocycles. The quantitative estimate of drug-likeness (QED) is 0.841. The van der Waals surface area contributed by atoms with E-state index < -0.39 is 0 Å². The smallest absolute Gasteiger partial charge is 0.151 e. The molecule has 0 atom stereocenters. The molecular formula is C15H14FN3. The second-order valence-corrected chi connectivity index (χ2v) is 4.13. The Hall–Kier alpha value is -2.41. The molecule has 0 aliphatic rings.